The molecule has 0 bridgehead atoms. The molecule has 0 unspecified atom stereocenters. The molecule has 0 aromatic carbocycles. The summed E-state index contributed by atoms with van der Waals surface area (Å²) in [6.45, 7) is 0. The van der Waals surface area contributed by atoms with Crippen molar-refractivity contribution in [1.29, 1.82) is 0 Å². The highest BCUT2D eigenvalue weighted by Gasteiger charge is 1.91. The predicted octanol–water partition coefficient (Wildman–Crippen LogP) is 0.382. The van der Waals surface area contributed by atoms with Gasteiger partial charge in [0.15, 0.2) is 0 Å². The molecule has 0 saturated heterocycles. The zero-order chi connectivity index (χ0) is 6.69. The molecule has 9 heavy (non-hydrogen) atoms. The van der Waals surface area contributed by atoms with Gasteiger partial charge in [-0.3, -0.25) is 0 Å². The lowest BCUT2D eigenvalue weighted by Crippen LogP contribution is -2.04. The number of aromatic nitrogens is 2. The predicted molar refractivity (Wildman–Crippen MR) is 31.9 cm³/mol. The Kier molecular flexibility index (Phi) is 1.81. The molecule has 0 spiro atoms. The topological polar surface area (TPSA) is 61.0 Å². The lowest BCUT2D eigenvalue weighted by Gasteiger charge is -1.92. The number of hydrogen-bond donors (Lipinski definition) is 1. The lowest BCUT2D eigenvalue weighted by molar-refractivity contribution is 0.306. The number of nitrogens with two attached hydrogens (primary N) is 1. The summed E-state index contributed by atoms with van der Waals surface area (Å²) in [6, 6.07) is 0.111. The van der Waals surface area contributed by atoms with Crippen molar-refractivity contribution in [2.24, 2.45) is 5.90 Å². The fourth-order valence-electron chi connectivity index (χ4n) is 0.361. The SMILES string of the molecule is NOc1ncc(Cl)cn1. The van der Waals surface area contributed by atoms with E-state index in [2.05, 4.69) is 14.8 Å². The van der Waals surface area contributed by atoms with E-state index in [1.807, 2.05) is 0 Å². The van der Waals surface area contributed by atoms with Gasteiger partial charge < -0.3 is 4.84 Å². The Morgan fingerprint density at radius 2 is 2.00 bits per heavy atom. The van der Waals surface area contributed by atoms with Gasteiger partial charge in [0.05, 0.1) is 17.4 Å². The second-order valence-corrected chi connectivity index (χ2v) is 1.74. The summed E-state index contributed by atoms with van der Waals surface area (Å²) in [6.07, 6.45) is 2.80. The van der Waals surface area contributed by atoms with Crippen LogP contribution in [0, 0.1) is 0 Å². The van der Waals surface area contributed by atoms with E-state index in [4.69, 9.17) is 17.5 Å². The fraction of sp³-hybridized carbons (Fsp3) is 0. The molecule has 1 heterocycles. The van der Waals surface area contributed by atoms with E-state index in [0.29, 0.717) is 5.02 Å². The molecule has 0 aliphatic rings. The number of hydrogen-bond acceptors (Lipinski definition) is 4. The van der Waals surface area contributed by atoms with Crippen LogP contribution in [0.4, 0.5) is 0 Å². The van der Waals surface area contributed by atoms with Crippen molar-refractivity contribution in [2.45, 2.75) is 0 Å². The first kappa shape index (κ1) is 6.25. The molecule has 48 valence electrons. The van der Waals surface area contributed by atoms with Crippen LogP contribution in [-0.2, 0) is 0 Å². The van der Waals surface area contributed by atoms with Gasteiger partial charge in [0.2, 0.25) is 0 Å². The first-order valence-electron chi connectivity index (χ1n) is 2.17. The van der Waals surface area contributed by atoms with Gasteiger partial charge in [-0.25, -0.2) is 9.97 Å². The third kappa shape index (κ3) is 1.51. The van der Waals surface area contributed by atoms with Crippen LogP contribution in [0.25, 0.3) is 0 Å². The Morgan fingerprint density at radius 1 is 1.44 bits per heavy atom. The molecule has 0 fully saturated rings. The third-order valence-electron chi connectivity index (χ3n) is 0.702. The van der Waals surface area contributed by atoms with E-state index < -0.39 is 0 Å². The molecule has 2 N–H and O–H groups in total. The number of nitrogens with zero attached hydrogens (tertiary/aromatic N) is 2. The van der Waals surface area contributed by atoms with Gasteiger partial charge in [0, 0.05) is 0 Å². The van der Waals surface area contributed by atoms with Gasteiger partial charge in [-0.2, -0.15) is 5.90 Å². The standard InChI is InChI=1S/C4H4ClN3O/c5-3-1-7-4(9-6)8-2-3/h1-2H,6H2. The van der Waals surface area contributed by atoms with Gasteiger partial charge in [-0.05, 0) is 0 Å². The Hall–Kier alpha value is -0.870. The second-order valence-electron chi connectivity index (χ2n) is 1.30. The van der Waals surface area contributed by atoms with E-state index in [1.54, 1.807) is 0 Å². The van der Waals surface area contributed by atoms with Crippen molar-refractivity contribution in [1.82, 2.24) is 9.97 Å². The van der Waals surface area contributed by atoms with E-state index >= 15 is 0 Å². The van der Waals surface area contributed by atoms with Crippen molar-refractivity contribution in [2.75, 3.05) is 0 Å². The third-order valence-corrected chi connectivity index (χ3v) is 0.897. The largest absolute Gasteiger partial charge is 0.371 e. The highest BCUT2D eigenvalue weighted by atomic mass is 35.5. The van der Waals surface area contributed by atoms with Gasteiger partial charge >= 0.3 is 6.01 Å². The van der Waals surface area contributed by atoms with Crippen molar-refractivity contribution in [3.63, 3.8) is 0 Å². The molecule has 5 heteroatoms. The minimum atomic E-state index is 0.111. The van der Waals surface area contributed by atoms with Gasteiger partial charge in [-0.15, -0.1) is 0 Å². The van der Waals surface area contributed by atoms with Crippen LogP contribution in [0.5, 0.6) is 6.01 Å². The summed E-state index contributed by atoms with van der Waals surface area (Å²) in [5, 5.41) is 0.454. The molecular formula is C4H4ClN3O. The molecule has 0 radical (unpaired) electrons. The monoisotopic (exact) mass is 145 g/mol. The zero-order valence-electron chi connectivity index (χ0n) is 4.41. The molecular weight excluding hydrogens is 142 g/mol. The summed E-state index contributed by atoms with van der Waals surface area (Å²) in [5.41, 5.74) is 0. The first-order chi connectivity index (χ1) is 4.33. The number of halogens is 1. The van der Waals surface area contributed by atoms with Crippen molar-refractivity contribution < 1.29 is 4.84 Å². The highest BCUT2D eigenvalue weighted by Crippen LogP contribution is 2.05. The Labute approximate surface area is 56.6 Å². The summed E-state index contributed by atoms with van der Waals surface area (Å²) < 4.78 is 0. The van der Waals surface area contributed by atoms with Crippen LogP contribution in [0.15, 0.2) is 12.4 Å². The van der Waals surface area contributed by atoms with Crippen LogP contribution >= 0.6 is 11.6 Å². The van der Waals surface area contributed by atoms with Gasteiger partial charge in [0.25, 0.3) is 0 Å². The molecule has 0 atom stereocenters. The van der Waals surface area contributed by atoms with Gasteiger partial charge in [0.1, 0.15) is 0 Å². The van der Waals surface area contributed by atoms with E-state index in [-0.39, 0.29) is 6.01 Å². The van der Waals surface area contributed by atoms with E-state index in [0.717, 1.165) is 0 Å². The normalized spacial score (nSPS) is 9.11. The van der Waals surface area contributed by atoms with Crippen LogP contribution < -0.4 is 10.7 Å². The minimum Gasteiger partial charge on any atom is -0.371 e. The van der Waals surface area contributed by atoms with Crippen LogP contribution in [-0.4, -0.2) is 9.97 Å². The molecule has 4 nitrogen and oxygen atoms in total. The summed E-state index contributed by atoms with van der Waals surface area (Å²) >= 11 is 5.45. The zero-order valence-corrected chi connectivity index (χ0v) is 5.17. The molecule has 1 rings (SSSR count). The molecule has 0 saturated carbocycles. The molecule has 1 aromatic rings. The second kappa shape index (κ2) is 2.61. The minimum absolute atomic E-state index is 0.111. The summed E-state index contributed by atoms with van der Waals surface area (Å²) in [4.78, 5) is 11.4. The Balaban J connectivity index is 2.88. The van der Waals surface area contributed by atoms with Crippen LogP contribution in [0.3, 0.4) is 0 Å². The maximum Gasteiger partial charge on any atom is 0.335 e. The molecule has 1 aromatic heterocycles. The maximum atomic E-state index is 5.45. The van der Waals surface area contributed by atoms with Crippen molar-refractivity contribution >= 4 is 11.6 Å². The molecule has 0 aliphatic carbocycles. The lowest BCUT2D eigenvalue weighted by atomic mass is 10.7. The average molecular weight is 146 g/mol. The number of rotatable bonds is 1. The first-order valence-corrected chi connectivity index (χ1v) is 2.55. The van der Waals surface area contributed by atoms with Crippen LogP contribution in [0.1, 0.15) is 0 Å². The summed E-state index contributed by atoms with van der Waals surface area (Å²) in [7, 11) is 0. The molecule has 0 amide bonds. The summed E-state index contributed by atoms with van der Waals surface area (Å²) in [5.74, 6) is 4.73. The smallest absolute Gasteiger partial charge is 0.335 e. The van der Waals surface area contributed by atoms with Crippen LogP contribution in [0.2, 0.25) is 5.02 Å². The quantitative estimate of drug-likeness (QED) is 0.581. The Morgan fingerprint density at radius 3 is 2.44 bits per heavy atom. The fourth-order valence-corrected chi connectivity index (χ4v) is 0.459. The van der Waals surface area contributed by atoms with E-state index in [9.17, 15) is 0 Å². The van der Waals surface area contributed by atoms with E-state index in [1.165, 1.54) is 12.4 Å². The van der Waals surface area contributed by atoms with Crippen molar-refractivity contribution in [3.05, 3.63) is 17.4 Å². The Bertz CT molecular complexity index is 188. The highest BCUT2D eigenvalue weighted by molar-refractivity contribution is 6.30. The van der Waals surface area contributed by atoms with Gasteiger partial charge in [-0.1, -0.05) is 11.6 Å². The van der Waals surface area contributed by atoms with Crippen molar-refractivity contribution in [3.8, 4) is 6.01 Å². The maximum absolute atomic E-state index is 5.45. The average Bonchev–Trinajstić information content (AvgIpc) is 1.90. The molecule has 0 aliphatic heterocycles.